The summed E-state index contributed by atoms with van der Waals surface area (Å²) >= 11 is 3.38. The van der Waals surface area contributed by atoms with E-state index in [0.29, 0.717) is 19.6 Å². The Morgan fingerprint density at radius 3 is 2.59 bits per heavy atom. The zero-order valence-corrected chi connectivity index (χ0v) is 14.9. The van der Waals surface area contributed by atoms with Gasteiger partial charge in [0.15, 0.2) is 0 Å². The minimum atomic E-state index is -0.348. The lowest BCUT2D eigenvalue weighted by molar-refractivity contribution is 0.0242. The Hall–Kier alpha value is -1.34. The molecule has 0 radical (unpaired) electrons. The van der Waals surface area contributed by atoms with E-state index in [-0.39, 0.29) is 11.6 Å². The van der Waals surface area contributed by atoms with E-state index in [1.807, 2.05) is 30.9 Å². The summed E-state index contributed by atoms with van der Waals surface area (Å²) in [6.07, 6.45) is 1.79. The maximum absolute atomic E-state index is 12.2. The van der Waals surface area contributed by atoms with Crippen molar-refractivity contribution in [2.24, 2.45) is 0 Å². The highest BCUT2D eigenvalue weighted by Gasteiger charge is 2.24. The minimum absolute atomic E-state index is 0.0338. The number of aromatic nitrogens is 1. The zero-order chi connectivity index (χ0) is 16.2. The molecule has 1 aliphatic heterocycles. The number of rotatable bonds is 4. The number of carbonyl (C=O) groups excluding carboxylic acids is 1. The van der Waals surface area contributed by atoms with Crippen LogP contribution < -0.4 is 10.2 Å². The molecule has 6 nitrogen and oxygen atoms in total. The summed E-state index contributed by atoms with van der Waals surface area (Å²) in [6.45, 7) is 7.35. The molecular formula is C15H23BrN4O2. The average Bonchev–Trinajstić information content (AvgIpc) is 2.54. The van der Waals surface area contributed by atoms with Crippen molar-refractivity contribution in [2.45, 2.75) is 19.4 Å². The van der Waals surface area contributed by atoms with Crippen molar-refractivity contribution >= 4 is 27.8 Å². The van der Waals surface area contributed by atoms with Crippen LogP contribution in [0.1, 0.15) is 13.8 Å². The van der Waals surface area contributed by atoms with E-state index in [1.54, 1.807) is 13.3 Å². The van der Waals surface area contributed by atoms with Crippen molar-refractivity contribution in [3.05, 3.63) is 22.8 Å². The van der Waals surface area contributed by atoms with Crippen LogP contribution in [0.15, 0.2) is 22.8 Å². The zero-order valence-electron chi connectivity index (χ0n) is 13.3. The molecule has 0 aliphatic carbocycles. The maximum Gasteiger partial charge on any atom is 0.317 e. The first-order valence-electron chi connectivity index (χ1n) is 7.36. The molecule has 0 spiro atoms. The molecule has 1 aromatic rings. The van der Waals surface area contributed by atoms with Crippen LogP contribution in [0.4, 0.5) is 10.6 Å². The van der Waals surface area contributed by atoms with E-state index in [4.69, 9.17) is 4.74 Å². The molecule has 0 aromatic carbocycles. The summed E-state index contributed by atoms with van der Waals surface area (Å²) < 4.78 is 6.27. The van der Waals surface area contributed by atoms with Gasteiger partial charge in [-0.2, -0.15) is 0 Å². The highest BCUT2D eigenvalue weighted by molar-refractivity contribution is 9.10. The van der Waals surface area contributed by atoms with E-state index >= 15 is 0 Å². The molecular weight excluding hydrogens is 348 g/mol. The summed E-state index contributed by atoms with van der Waals surface area (Å²) in [4.78, 5) is 20.6. The number of piperazine rings is 1. The van der Waals surface area contributed by atoms with Crippen LogP contribution in [-0.4, -0.2) is 61.3 Å². The molecule has 2 rings (SSSR count). The lowest BCUT2D eigenvalue weighted by atomic mass is 10.1. The summed E-state index contributed by atoms with van der Waals surface area (Å²) in [5.74, 6) is 0.948. The third-order valence-electron chi connectivity index (χ3n) is 3.82. The molecule has 1 fully saturated rings. The van der Waals surface area contributed by atoms with E-state index < -0.39 is 0 Å². The Balaban J connectivity index is 1.81. The van der Waals surface area contributed by atoms with Crippen LogP contribution in [0.5, 0.6) is 0 Å². The van der Waals surface area contributed by atoms with Gasteiger partial charge >= 0.3 is 6.03 Å². The van der Waals surface area contributed by atoms with Gasteiger partial charge in [0.05, 0.1) is 5.60 Å². The molecule has 0 atom stereocenters. The second-order valence-electron chi connectivity index (χ2n) is 5.93. The molecule has 1 aromatic heterocycles. The number of nitrogens with one attached hydrogen (secondary N) is 1. The summed E-state index contributed by atoms with van der Waals surface area (Å²) in [5, 5.41) is 2.93. The smallest absolute Gasteiger partial charge is 0.317 e. The fourth-order valence-corrected chi connectivity index (χ4v) is 2.40. The molecule has 2 amide bonds. The molecule has 7 heteroatoms. The fourth-order valence-electron chi connectivity index (χ4n) is 2.17. The Morgan fingerprint density at radius 2 is 2.05 bits per heavy atom. The van der Waals surface area contributed by atoms with E-state index in [1.165, 1.54) is 0 Å². The normalized spacial score (nSPS) is 15.8. The number of amides is 2. The highest BCUT2D eigenvalue weighted by atomic mass is 79.9. The summed E-state index contributed by atoms with van der Waals surface area (Å²) in [7, 11) is 1.65. The largest absolute Gasteiger partial charge is 0.377 e. The van der Waals surface area contributed by atoms with Gasteiger partial charge in [-0.1, -0.05) is 0 Å². The number of anilines is 1. The van der Waals surface area contributed by atoms with Gasteiger partial charge in [-0.15, -0.1) is 0 Å². The second-order valence-corrected chi connectivity index (χ2v) is 6.85. The number of nitrogens with zero attached hydrogens (tertiary/aromatic N) is 3. The van der Waals surface area contributed by atoms with Gasteiger partial charge in [-0.3, -0.25) is 0 Å². The lowest BCUT2D eigenvalue weighted by Crippen LogP contribution is -2.53. The van der Waals surface area contributed by atoms with Crippen molar-refractivity contribution in [3.8, 4) is 0 Å². The number of pyridine rings is 1. The quantitative estimate of drug-likeness (QED) is 0.881. The number of hydrogen-bond donors (Lipinski definition) is 1. The molecule has 0 unspecified atom stereocenters. The van der Waals surface area contributed by atoms with Gasteiger partial charge in [0.2, 0.25) is 0 Å². The molecule has 122 valence electrons. The highest BCUT2D eigenvalue weighted by Crippen LogP contribution is 2.16. The number of carbonyl (C=O) groups is 1. The predicted octanol–water partition coefficient (Wildman–Crippen LogP) is 2.10. The number of ether oxygens (including phenoxy) is 1. The molecule has 0 saturated carbocycles. The molecule has 1 aliphatic rings. The van der Waals surface area contributed by atoms with Gasteiger partial charge in [-0.05, 0) is 41.9 Å². The second kappa shape index (κ2) is 7.28. The standard InChI is InChI=1S/C15H23BrN4O2/c1-15(2,22-3)11-18-14(21)20-8-6-19(7-9-20)13-5-4-12(16)10-17-13/h4-5,10H,6-9,11H2,1-3H3,(H,18,21). The van der Waals surface area contributed by atoms with Crippen LogP contribution in [0, 0.1) is 0 Å². The number of halogens is 1. The van der Waals surface area contributed by atoms with E-state index in [9.17, 15) is 4.79 Å². The first kappa shape index (κ1) is 17.0. The Morgan fingerprint density at radius 1 is 1.36 bits per heavy atom. The van der Waals surface area contributed by atoms with Crippen molar-refractivity contribution in [1.82, 2.24) is 15.2 Å². The van der Waals surface area contributed by atoms with Gasteiger partial charge in [0, 0.05) is 50.5 Å². The third-order valence-corrected chi connectivity index (χ3v) is 4.29. The van der Waals surface area contributed by atoms with Crippen LogP contribution in [0.2, 0.25) is 0 Å². The third kappa shape index (κ3) is 4.58. The van der Waals surface area contributed by atoms with Crippen LogP contribution >= 0.6 is 15.9 Å². The van der Waals surface area contributed by atoms with Crippen LogP contribution in [0.25, 0.3) is 0 Å². The van der Waals surface area contributed by atoms with Gasteiger partial charge in [0.25, 0.3) is 0 Å². The van der Waals surface area contributed by atoms with Crippen molar-refractivity contribution in [2.75, 3.05) is 44.7 Å². The predicted molar refractivity (Wildman–Crippen MR) is 90.2 cm³/mol. The Bertz CT molecular complexity index is 499. The van der Waals surface area contributed by atoms with Gasteiger partial charge in [0.1, 0.15) is 5.82 Å². The van der Waals surface area contributed by atoms with Crippen LogP contribution in [-0.2, 0) is 4.74 Å². The Kier molecular flexibility index (Phi) is 5.63. The SMILES string of the molecule is COC(C)(C)CNC(=O)N1CCN(c2ccc(Br)cn2)CC1. The molecule has 2 heterocycles. The molecule has 0 bridgehead atoms. The summed E-state index contributed by atoms with van der Waals surface area (Å²) in [5.41, 5.74) is -0.348. The van der Waals surface area contributed by atoms with Crippen LogP contribution in [0.3, 0.4) is 0 Å². The monoisotopic (exact) mass is 370 g/mol. The lowest BCUT2D eigenvalue weighted by Gasteiger charge is -2.36. The average molecular weight is 371 g/mol. The number of hydrogen-bond acceptors (Lipinski definition) is 4. The first-order chi connectivity index (χ1) is 10.4. The fraction of sp³-hybridized carbons (Fsp3) is 0.600. The minimum Gasteiger partial charge on any atom is -0.377 e. The molecule has 1 saturated heterocycles. The van der Waals surface area contributed by atoms with Gasteiger partial charge < -0.3 is 19.9 Å². The van der Waals surface area contributed by atoms with E-state index in [2.05, 4.69) is 31.1 Å². The van der Waals surface area contributed by atoms with Crippen molar-refractivity contribution < 1.29 is 9.53 Å². The number of urea groups is 1. The summed E-state index contributed by atoms with van der Waals surface area (Å²) in [6, 6.07) is 3.93. The van der Waals surface area contributed by atoms with Crippen molar-refractivity contribution in [1.29, 1.82) is 0 Å². The topological polar surface area (TPSA) is 57.7 Å². The molecule has 1 N–H and O–H groups in total. The van der Waals surface area contributed by atoms with Crippen molar-refractivity contribution in [3.63, 3.8) is 0 Å². The molecule has 22 heavy (non-hydrogen) atoms. The van der Waals surface area contributed by atoms with Gasteiger partial charge in [-0.25, -0.2) is 9.78 Å². The first-order valence-corrected chi connectivity index (χ1v) is 8.15. The maximum atomic E-state index is 12.2. The van der Waals surface area contributed by atoms with E-state index in [0.717, 1.165) is 23.4 Å². The number of methoxy groups -OCH3 is 1. The Labute approximate surface area is 140 Å².